The molecule has 10 heteroatoms. The van der Waals surface area contributed by atoms with E-state index < -0.39 is 29.2 Å². The number of carbonyl (C=O) groups is 1. The standard InChI is InChI=1S/C24H24F4N4O2/c1-34-17-8-6-7-16(13-17)21(31-11-4-5-12-31)15-29-23(33)18-14-30-32(22(18)24(26,27)28)20-10-3-2-9-19(20)25/h2-3,6-10,13-14,21H,4-5,11-12,15H2,1H3,(H,29,33). The average molecular weight is 476 g/mol. The summed E-state index contributed by atoms with van der Waals surface area (Å²) in [4.78, 5) is 15.1. The largest absolute Gasteiger partial charge is 0.497 e. The number of para-hydroxylation sites is 1. The smallest absolute Gasteiger partial charge is 0.434 e. The molecule has 1 aliphatic rings. The SMILES string of the molecule is COc1cccc(C(CNC(=O)c2cnn(-c3ccccc3F)c2C(F)(F)F)N2CCCC2)c1. The predicted octanol–water partition coefficient (Wildman–Crippen LogP) is 4.61. The van der Waals surface area contributed by atoms with E-state index >= 15 is 0 Å². The van der Waals surface area contributed by atoms with Crippen LogP contribution < -0.4 is 10.1 Å². The van der Waals surface area contributed by atoms with Crippen LogP contribution in [0.25, 0.3) is 5.69 Å². The minimum absolute atomic E-state index is 0.0914. The Morgan fingerprint density at radius 2 is 1.88 bits per heavy atom. The molecule has 0 spiro atoms. The number of carbonyl (C=O) groups excluding carboxylic acids is 1. The zero-order valence-electron chi connectivity index (χ0n) is 18.5. The molecule has 34 heavy (non-hydrogen) atoms. The number of benzene rings is 2. The van der Waals surface area contributed by atoms with Crippen LogP contribution in [0.3, 0.4) is 0 Å². The first-order chi connectivity index (χ1) is 16.3. The quantitative estimate of drug-likeness (QED) is 0.507. The third kappa shape index (κ3) is 4.91. The summed E-state index contributed by atoms with van der Waals surface area (Å²) >= 11 is 0. The molecule has 1 unspecified atom stereocenters. The fraction of sp³-hybridized carbons (Fsp3) is 0.333. The van der Waals surface area contributed by atoms with Crippen molar-refractivity contribution < 1.29 is 27.1 Å². The number of methoxy groups -OCH3 is 1. The number of alkyl halides is 3. The third-order valence-electron chi connectivity index (χ3n) is 5.88. The average Bonchev–Trinajstić information content (AvgIpc) is 3.50. The highest BCUT2D eigenvalue weighted by atomic mass is 19.4. The topological polar surface area (TPSA) is 59.4 Å². The first-order valence-electron chi connectivity index (χ1n) is 10.9. The Hall–Kier alpha value is -3.40. The van der Waals surface area contributed by atoms with Gasteiger partial charge in [0.1, 0.15) is 17.3 Å². The van der Waals surface area contributed by atoms with E-state index in [1.54, 1.807) is 13.2 Å². The molecule has 1 saturated heterocycles. The van der Waals surface area contributed by atoms with Gasteiger partial charge in [-0.3, -0.25) is 9.69 Å². The normalized spacial score (nSPS) is 15.3. The van der Waals surface area contributed by atoms with Gasteiger partial charge in [-0.25, -0.2) is 9.07 Å². The van der Waals surface area contributed by atoms with Gasteiger partial charge in [-0.2, -0.15) is 18.3 Å². The molecule has 1 amide bonds. The zero-order valence-corrected chi connectivity index (χ0v) is 18.5. The maximum atomic E-state index is 14.2. The molecule has 3 aromatic rings. The van der Waals surface area contributed by atoms with Crippen LogP contribution in [0, 0.1) is 5.82 Å². The second kappa shape index (κ2) is 9.84. The maximum Gasteiger partial charge on any atom is 0.434 e. The van der Waals surface area contributed by atoms with Gasteiger partial charge in [0.05, 0.1) is 24.9 Å². The third-order valence-corrected chi connectivity index (χ3v) is 5.88. The fourth-order valence-corrected chi connectivity index (χ4v) is 4.24. The van der Waals surface area contributed by atoms with Gasteiger partial charge in [-0.1, -0.05) is 24.3 Å². The summed E-state index contributed by atoms with van der Waals surface area (Å²) in [7, 11) is 1.55. The van der Waals surface area contributed by atoms with E-state index in [2.05, 4.69) is 15.3 Å². The lowest BCUT2D eigenvalue weighted by Crippen LogP contribution is -2.37. The molecule has 2 heterocycles. The predicted molar refractivity (Wildman–Crippen MR) is 117 cm³/mol. The Morgan fingerprint density at radius 3 is 2.56 bits per heavy atom. The number of amides is 1. The van der Waals surface area contributed by atoms with Crippen molar-refractivity contribution in [1.82, 2.24) is 20.0 Å². The van der Waals surface area contributed by atoms with E-state index in [9.17, 15) is 22.4 Å². The molecule has 180 valence electrons. The number of hydrogen-bond donors (Lipinski definition) is 1. The van der Waals surface area contributed by atoms with Crippen molar-refractivity contribution >= 4 is 5.91 Å². The Kier molecular flexibility index (Phi) is 6.87. The molecule has 0 bridgehead atoms. The van der Waals surface area contributed by atoms with Crippen LogP contribution in [-0.4, -0.2) is 47.3 Å². The minimum atomic E-state index is -4.92. The van der Waals surface area contributed by atoms with Gasteiger partial charge in [0.25, 0.3) is 5.91 Å². The Morgan fingerprint density at radius 1 is 1.15 bits per heavy atom. The van der Waals surface area contributed by atoms with Crippen molar-refractivity contribution in [1.29, 1.82) is 0 Å². The second-order valence-electron chi connectivity index (χ2n) is 8.01. The number of rotatable bonds is 7. The molecule has 1 aliphatic heterocycles. The molecule has 1 aromatic heterocycles. The molecule has 1 fully saturated rings. The van der Waals surface area contributed by atoms with E-state index in [1.165, 1.54) is 18.2 Å². The molecule has 2 aromatic carbocycles. The lowest BCUT2D eigenvalue weighted by molar-refractivity contribution is -0.143. The fourth-order valence-electron chi connectivity index (χ4n) is 4.24. The van der Waals surface area contributed by atoms with Gasteiger partial charge in [-0.05, 0) is 55.8 Å². The van der Waals surface area contributed by atoms with E-state index in [0.29, 0.717) is 10.4 Å². The van der Waals surface area contributed by atoms with E-state index in [-0.39, 0.29) is 18.3 Å². The van der Waals surface area contributed by atoms with Crippen molar-refractivity contribution in [3.63, 3.8) is 0 Å². The van der Waals surface area contributed by atoms with Gasteiger partial charge < -0.3 is 10.1 Å². The molecule has 6 nitrogen and oxygen atoms in total. The van der Waals surface area contributed by atoms with Crippen LogP contribution in [0.5, 0.6) is 5.75 Å². The molecule has 1 N–H and O–H groups in total. The summed E-state index contributed by atoms with van der Waals surface area (Å²) in [5.74, 6) is -1.16. The van der Waals surface area contributed by atoms with Crippen LogP contribution in [0.1, 0.15) is 40.5 Å². The van der Waals surface area contributed by atoms with Crippen molar-refractivity contribution in [2.75, 3.05) is 26.7 Å². The lowest BCUT2D eigenvalue weighted by Gasteiger charge is -2.28. The molecule has 1 atom stereocenters. The first-order valence-corrected chi connectivity index (χ1v) is 10.9. The highest BCUT2D eigenvalue weighted by Gasteiger charge is 2.41. The number of hydrogen-bond acceptors (Lipinski definition) is 4. The maximum absolute atomic E-state index is 14.2. The van der Waals surface area contributed by atoms with Crippen molar-refractivity contribution in [2.45, 2.75) is 25.1 Å². The summed E-state index contributed by atoms with van der Waals surface area (Å²) < 4.78 is 61.7. The lowest BCUT2D eigenvalue weighted by atomic mass is 10.0. The number of ether oxygens (including phenoxy) is 1. The number of halogens is 4. The number of aromatic nitrogens is 2. The van der Waals surface area contributed by atoms with Gasteiger partial charge in [-0.15, -0.1) is 0 Å². The molecule has 4 rings (SSSR count). The summed E-state index contributed by atoms with van der Waals surface area (Å²) in [5.41, 5.74) is -1.49. The zero-order chi connectivity index (χ0) is 24.3. The summed E-state index contributed by atoms with van der Waals surface area (Å²) in [6.07, 6.45) is -2.10. The number of nitrogens with zero attached hydrogens (tertiary/aromatic N) is 3. The summed E-state index contributed by atoms with van der Waals surface area (Å²) in [6, 6.07) is 12.1. The van der Waals surface area contributed by atoms with Gasteiger partial charge in [0.15, 0.2) is 5.69 Å². The van der Waals surface area contributed by atoms with E-state index in [1.807, 2.05) is 18.2 Å². The Balaban J connectivity index is 1.62. The Labute approximate surface area is 194 Å². The molecular weight excluding hydrogens is 452 g/mol. The van der Waals surface area contributed by atoms with Gasteiger partial charge in [0, 0.05) is 6.54 Å². The van der Waals surface area contributed by atoms with Crippen LogP contribution >= 0.6 is 0 Å². The van der Waals surface area contributed by atoms with Crippen LogP contribution in [0.2, 0.25) is 0 Å². The highest BCUT2D eigenvalue weighted by molar-refractivity contribution is 5.95. The van der Waals surface area contributed by atoms with Crippen LogP contribution in [-0.2, 0) is 6.18 Å². The highest BCUT2D eigenvalue weighted by Crippen LogP contribution is 2.34. The number of likely N-dealkylation sites (tertiary alicyclic amines) is 1. The summed E-state index contributed by atoms with van der Waals surface area (Å²) in [6.45, 7) is 1.72. The molecule has 0 saturated carbocycles. The van der Waals surface area contributed by atoms with Crippen molar-refractivity contribution in [3.05, 3.63) is 77.4 Å². The Bertz CT molecular complexity index is 1160. The van der Waals surface area contributed by atoms with Crippen LogP contribution in [0.4, 0.5) is 17.6 Å². The van der Waals surface area contributed by atoms with Gasteiger partial charge >= 0.3 is 6.18 Å². The van der Waals surface area contributed by atoms with Crippen molar-refractivity contribution in [2.24, 2.45) is 0 Å². The molecule has 0 radical (unpaired) electrons. The van der Waals surface area contributed by atoms with Gasteiger partial charge in [0.2, 0.25) is 0 Å². The first kappa shape index (κ1) is 23.7. The monoisotopic (exact) mass is 476 g/mol. The molecule has 0 aliphatic carbocycles. The van der Waals surface area contributed by atoms with E-state index in [0.717, 1.165) is 43.8 Å². The number of nitrogens with one attached hydrogen (secondary N) is 1. The molecular formula is C24H24F4N4O2. The van der Waals surface area contributed by atoms with E-state index in [4.69, 9.17) is 4.74 Å². The minimum Gasteiger partial charge on any atom is -0.497 e. The van der Waals surface area contributed by atoms with Crippen LogP contribution in [0.15, 0.2) is 54.7 Å². The van der Waals surface area contributed by atoms with Crippen molar-refractivity contribution in [3.8, 4) is 11.4 Å². The second-order valence-corrected chi connectivity index (χ2v) is 8.01. The summed E-state index contributed by atoms with van der Waals surface area (Å²) in [5, 5.41) is 6.32.